The Balaban J connectivity index is 2.42. The van der Waals surface area contributed by atoms with E-state index < -0.39 is 8.32 Å². The Morgan fingerprint density at radius 1 is 1.18 bits per heavy atom. The van der Waals surface area contributed by atoms with E-state index in [2.05, 4.69) is 52.6 Å². The lowest BCUT2D eigenvalue weighted by atomic mass is 10.2. The highest BCUT2D eigenvalue weighted by atomic mass is 28.4. The molecule has 0 aliphatic carbocycles. The molecule has 0 aliphatic heterocycles. The predicted octanol–water partition coefficient (Wildman–Crippen LogP) is 5.56. The van der Waals surface area contributed by atoms with Gasteiger partial charge in [0.1, 0.15) is 0 Å². The van der Waals surface area contributed by atoms with Crippen LogP contribution in [0.3, 0.4) is 0 Å². The third kappa shape index (κ3) is 6.47. The molecule has 1 aromatic carbocycles. The van der Waals surface area contributed by atoms with Gasteiger partial charge in [-0.2, -0.15) is 0 Å². The van der Waals surface area contributed by atoms with E-state index in [0.29, 0.717) is 6.61 Å². The van der Waals surface area contributed by atoms with E-state index in [1.54, 1.807) is 0 Å². The van der Waals surface area contributed by atoms with Gasteiger partial charge in [-0.25, -0.2) is 0 Å². The second-order valence-electron chi connectivity index (χ2n) is 7.35. The fraction of sp³-hybridized carbons (Fsp3) is 0.579. The molecule has 0 N–H and O–H groups in total. The number of ether oxygens (including phenoxy) is 1. The molecule has 0 amide bonds. The highest BCUT2D eigenvalue weighted by Gasteiger charge is 2.38. The van der Waals surface area contributed by atoms with Crippen LogP contribution in [0.25, 0.3) is 0 Å². The lowest BCUT2D eigenvalue weighted by Gasteiger charge is -2.39. The molecular weight excluding hydrogens is 288 g/mol. The topological polar surface area (TPSA) is 18.5 Å². The summed E-state index contributed by atoms with van der Waals surface area (Å²) in [4.78, 5) is 0. The minimum Gasteiger partial charge on any atom is -0.414 e. The minimum atomic E-state index is -1.73. The monoisotopic (exact) mass is 320 g/mol. The molecule has 0 saturated carbocycles. The molecule has 3 heteroatoms. The van der Waals surface area contributed by atoms with Crippen molar-refractivity contribution in [2.75, 3.05) is 6.61 Å². The fourth-order valence-electron chi connectivity index (χ4n) is 1.98. The van der Waals surface area contributed by atoms with E-state index >= 15 is 0 Å². The molecule has 0 bridgehead atoms. The summed E-state index contributed by atoms with van der Waals surface area (Å²) >= 11 is 0. The van der Waals surface area contributed by atoms with Gasteiger partial charge in [0, 0.05) is 6.61 Å². The summed E-state index contributed by atoms with van der Waals surface area (Å²) in [5.41, 5.74) is 1.22. The molecule has 124 valence electrons. The van der Waals surface area contributed by atoms with Gasteiger partial charge in [-0.05, 0) is 36.5 Å². The Kier molecular flexibility index (Phi) is 7.53. The van der Waals surface area contributed by atoms with Crippen molar-refractivity contribution in [3.05, 3.63) is 48.6 Å². The average molecular weight is 321 g/mol. The number of hydrogen-bond acceptors (Lipinski definition) is 2. The standard InChI is InChI=1S/C19H32O2Si/c1-7-11-18(21-22(5,6)19(2,3)4)14-15-20-16-17-12-9-8-10-13-17/h7-10,12-13,18H,1,11,14-16H2,2-6H3/t18-/m1/s1. The predicted molar refractivity (Wildman–Crippen MR) is 97.6 cm³/mol. The Morgan fingerprint density at radius 3 is 2.36 bits per heavy atom. The van der Waals surface area contributed by atoms with Gasteiger partial charge in [0.05, 0.1) is 12.7 Å². The van der Waals surface area contributed by atoms with Crippen molar-refractivity contribution < 1.29 is 9.16 Å². The van der Waals surface area contributed by atoms with E-state index in [1.807, 2.05) is 24.3 Å². The van der Waals surface area contributed by atoms with Crippen molar-refractivity contribution in [2.24, 2.45) is 0 Å². The van der Waals surface area contributed by atoms with Gasteiger partial charge in [-0.3, -0.25) is 0 Å². The molecule has 0 saturated heterocycles. The summed E-state index contributed by atoms with van der Waals surface area (Å²) in [5, 5.41) is 0.233. The van der Waals surface area contributed by atoms with Crippen molar-refractivity contribution >= 4 is 8.32 Å². The van der Waals surface area contributed by atoms with Crippen LogP contribution in [0.2, 0.25) is 18.1 Å². The Morgan fingerprint density at radius 2 is 1.82 bits per heavy atom. The van der Waals surface area contributed by atoms with E-state index in [1.165, 1.54) is 5.56 Å². The Labute approximate surface area is 137 Å². The quantitative estimate of drug-likeness (QED) is 0.337. The van der Waals surface area contributed by atoms with Crippen LogP contribution >= 0.6 is 0 Å². The summed E-state index contributed by atoms with van der Waals surface area (Å²) < 4.78 is 12.3. The van der Waals surface area contributed by atoms with E-state index in [-0.39, 0.29) is 11.1 Å². The van der Waals surface area contributed by atoms with Crippen LogP contribution in [0.5, 0.6) is 0 Å². The van der Waals surface area contributed by atoms with Crippen molar-refractivity contribution in [3.8, 4) is 0 Å². The minimum absolute atomic E-state index is 0.217. The summed E-state index contributed by atoms with van der Waals surface area (Å²) in [5.74, 6) is 0. The second-order valence-corrected chi connectivity index (χ2v) is 12.1. The van der Waals surface area contributed by atoms with Crippen LogP contribution in [0, 0.1) is 0 Å². The first-order valence-corrected chi connectivity index (χ1v) is 11.1. The van der Waals surface area contributed by atoms with Crippen LogP contribution in [0.15, 0.2) is 43.0 Å². The Bertz CT molecular complexity index is 434. The van der Waals surface area contributed by atoms with Crippen LogP contribution in [0.4, 0.5) is 0 Å². The average Bonchev–Trinajstić information content (AvgIpc) is 2.43. The maximum absolute atomic E-state index is 6.48. The third-order valence-electron chi connectivity index (χ3n) is 4.39. The van der Waals surface area contributed by atoms with E-state index in [9.17, 15) is 0 Å². The van der Waals surface area contributed by atoms with Gasteiger partial charge in [-0.15, -0.1) is 6.58 Å². The number of rotatable bonds is 9. The zero-order valence-corrected chi connectivity index (χ0v) is 15.9. The van der Waals surface area contributed by atoms with E-state index in [4.69, 9.17) is 9.16 Å². The van der Waals surface area contributed by atoms with Crippen LogP contribution in [-0.2, 0) is 15.8 Å². The molecule has 0 heterocycles. The van der Waals surface area contributed by atoms with Crippen molar-refractivity contribution in [1.82, 2.24) is 0 Å². The Hall–Kier alpha value is -0.903. The van der Waals surface area contributed by atoms with Crippen LogP contribution < -0.4 is 0 Å². The summed E-state index contributed by atoms with van der Waals surface area (Å²) in [7, 11) is -1.73. The molecule has 1 atom stereocenters. The smallest absolute Gasteiger partial charge is 0.192 e. The lowest BCUT2D eigenvalue weighted by Crippen LogP contribution is -2.44. The molecule has 22 heavy (non-hydrogen) atoms. The summed E-state index contributed by atoms with van der Waals surface area (Å²) in [6, 6.07) is 10.3. The zero-order chi connectivity index (χ0) is 16.6. The zero-order valence-electron chi connectivity index (χ0n) is 14.9. The molecule has 0 unspecified atom stereocenters. The highest BCUT2D eigenvalue weighted by Crippen LogP contribution is 2.38. The molecule has 0 aliphatic rings. The summed E-state index contributed by atoms with van der Waals surface area (Å²) in [6.07, 6.45) is 3.98. The van der Waals surface area contributed by atoms with Gasteiger partial charge in [0.2, 0.25) is 0 Å². The van der Waals surface area contributed by atoms with Gasteiger partial charge in [0.15, 0.2) is 8.32 Å². The molecule has 2 nitrogen and oxygen atoms in total. The molecule has 0 fully saturated rings. The third-order valence-corrected chi connectivity index (χ3v) is 8.93. The van der Waals surface area contributed by atoms with Gasteiger partial charge >= 0.3 is 0 Å². The van der Waals surface area contributed by atoms with Gasteiger partial charge < -0.3 is 9.16 Å². The number of hydrogen-bond donors (Lipinski definition) is 0. The first-order chi connectivity index (χ1) is 10.3. The molecule has 1 rings (SSSR count). The first kappa shape index (κ1) is 19.1. The molecular formula is C19H32O2Si. The number of benzene rings is 1. The normalized spacial score (nSPS) is 13.9. The second kappa shape index (κ2) is 8.66. The van der Waals surface area contributed by atoms with Crippen molar-refractivity contribution in [2.45, 2.75) is 64.5 Å². The fourth-order valence-corrected chi connectivity index (χ4v) is 3.38. The SMILES string of the molecule is C=CC[C@H](CCOCc1ccccc1)O[Si](C)(C)C(C)(C)C. The first-order valence-electron chi connectivity index (χ1n) is 8.16. The highest BCUT2D eigenvalue weighted by molar-refractivity contribution is 6.74. The van der Waals surface area contributed by atoms with Crippen molar-refractivity contribution in [1.29, 1.82) is 0 Å². The molecule has 0 spiro atoms. The summed E-state index contributed by atoms with van der Waals surface area (Å²) in [6.45, 7) is 16.7. The molecule has 0 aromatic heterocycles. The van der Waals surface area contributed by atoms with Crippen LogP contribution in [-0.4, -0.2) is 21.0 Å². The van der Waals surface area contributed by atoms with Crippen LogP contribution in [0.1, 0.15) is 39.2 Å². The van der Waals surface area contributed by atoms with Gasteiger partial charge in [-0.1, -0.05) is 57.2 Å². The van der Waals surface area contributed by atoms with Crippen molar-refractivity contribution in [3.63, 3.8) is 0 Å². The van der Waals surface area contributed by atoms with E-state index in [0.717, 1.165) is 19.4 Å². The van der Waals surface area contributed by atoms with Gasteiger partial charge in [0.25, 0.3) is 0 Å². The lowest BCUT2D eigenvalue weighted by molar-refractivity contribution is 0.0783. The largest absolute Gasteiger partial charge is 0.414 e. The maximum atomic E-state index is 6.48. The molecule has 1 aromatic rings. The maximum Gasteiger partial charge on any atom is 0.192 e. The molecule has 0 radical (unpaired) electrons.